The largest absolute Gasteiger partial charge is 0.504 e. The second kappa shape index (κ2) is 10.4. The zero-order valence-corrected chi connectivity index (χ0v) is 14.2. The second-order valence-corrected chi connectivity index (χ2v) is 5.77. The van der Waals surface area contributed by atoms with Crippen molar-refractivity contribution < 1.29 is 34.7 Å². The summed E-state index contributed by atoms with van der Waals surface area (Å²) in [7, 11) is 0. The maximum atomic E-state index is 11.7. The first kappa shape index (κ1) is 20.6. The maximum absolute atomic E-state index is 11.7. The number of aromatic hydroxyl groups is 3. The topological polar surface area (TPSA) is 139 Å². The van der Waals surface area contributed by atoms with Gasteiger partial charge >= 0.3 is 11.9 Å². The van der Waals surface area contributed by atoms with Gasteiger partial charge in [-0.05, 0) is 12.5 Å². The van der Waals surface area contributed by atoms with E-state index in [1.54, 1.807) is 0 Å². The van der Waals surface area contributed by atoms with Gasteiger partial charge in [0.2, 0.25) is 5.75 Å². The molecule has 0 saturated carbocycles. The minimum atomic E-state index is -1.22. The number of hydrogen-bond acceptors (Lipinski definition) is 8. The molecule has 0 amide bonds. The Morgan fingerprint density at radius 3 is 2.40 bits per heavy atom. The standard InChI is InChI=1S/C17H25NO7/c1-2-3-4-5-6-7-14(20)24-25-17(23)12(18)10-11-8-9-13(19)16(22)15(11)21/h8-9,12,19,21-22H,2-7,10,18H2,1H3. The van der Waals surface area contributed by atoms with E-state index in [0.717, 1.165) is 31.7 Å². The molecule has 1 rings (SSSR count). The van der Waals surface area contributed by atoms with Crippen LogP contribution in [0.1, 0.15) is 51.0 Å². The third-order valence-corrected chi connectivity index (χ3v) is 3.66. The predicted octanol–water partition coefficient (Wildman–Crippen LogP) is 2.04. The van der Waals surface area contributed by atoms with Gasteiger partial charge in [-0.25, -0.2) is 19.4 Å². The highest BCUT2D eigenvalue weighted by Gasteiger charge is 2.22. The normalized spacial score (nSPS) is 11.8. The summed E-state index contributed by atoms with van der Waals surface area (Å²) in [5.41, 5.74) is 5.77. The third-order valence-electron chi connectivity index (χ3n) is 3.66. The van der Waals surface area contributed by atoms with Crippen LogP contribution in [0.5, 0.6) is 17.2 Å². The molecule has 0 aliphatic carbocycles. The lowest BCUT2D eigenvalue weighted by atomic mass is 10.0. The predicted molar refractivity (Wildman–Crippen MR) is 88.7 cm³/mol. The number of unbranched alkanes of at least 4 members (excludes halogenated alkanes) is 4. The summed E-state index contributed by atoms with van der Waals surface area (Å²) < 4.78 is 0. The van der Waals surface area contributed by atoms with Gasteiger partial charge in [-0.3, -0.25) is 0 Å². The molecule has 0 saturated heterocycles. The summed E-state index contributed by atoms with van der Waals surface area (Å²) in [6.45, 7) is 2.09. The van der Waals surface area contributed by atoms with Crippen molar-refractivity contribution in [3.05, 3.63) is 17.7 Å². The molecule has 0 aliphatic rings. The molecule has 0 fully saturated rings. The Hall–Kier alpha value is -2.48. The summed E-state index contributed by atoms with van der Waals surface area (Å²) in [5, 5.41) is 28.3. The highest BCUT2D eigenvalue weighted by Crippen LogP contribution is 2.37. The van der Waals surface area contributed by atoms with Crippen LogP contribution in [0, 0.1) is 0 Å². The minimum absolute atomic E-state index is 0.141. The molecule has 0 aromatic heterocycles. The van der Waals surface area contributed by atoms with Crippen LogP contribution in [-0.2, 0) is 25.8 Å². The Bertz CT molecular complexity index is 589. The number of benzene rings is 1. The van der Waals surface area contributed by atoms with E-state index in [-0.39, 0.29) is 18.4 Å². The van der Waals surface area contributed by atoms with Crippen molar-refractivity contribution in [2.24, 2.45) is 5.73 Å². The first-order valence-electron chi connectivity index (χ1n) is 8.26. The number of nitrogens with two attached hydrogens (primary N) is 1. The van der Waals surface area contributed by atoms with Crippen LogP contribution >= 0.6 is 0 Å². The Labute approximate surface area is 146 Å². The van der Waals surface area contributed by atoms with Crippen LogP contribution in [-0.4, -0.2) is 33.3 Å². The summed E-state index contributed by atoms with van der Waals surface area (Å²) in [5.74, 6) is -3.40. The first-order chi connectivity index (χ1) is 11.9. The van der Waals surface area contributed by atoms with Gasteiger partial charge in [0.05, 0.1) is 6.42 Å². The Morgan fingerprint density at radius 1 is 1.04 bits per heavy atom. The average Bonchev–Trinajstić information content (AvgIpc) is 2.59. The number of rotatable bonds is 9. The summed E-state index contributed by atoms with van der Waals surface area (Å²) in [6.07, 6.45) is 4.79. The molecule has 25 heavy (non-hydrogen) atoms. The van der Waals surface area contributed by atoms with E-state index in [0.29, 0.717) is 6.42 Å². The third kappa shape index (κ3) is 6.88. The van der Waals surface area contributed by atoms with Crippen molar-refractivity contribution >= 4 is 11.9 Å². The molecule has 0 heterocycles. The molecule has 0 aliphatic heterocycles. The number of carbonyl (C=O) groups excluding carboxylic acids is 2. The van der Waals surface area contributed by atoms with Gasteiger partial charge in [0.25, 0.3) is 0 Å². The van der Waals surface area contributed by atoms with E-state index in [2.05, 4.69) is 16.7 Å². The smallest absolute Gasteiger partial charge is 0.372 e. The van der Waals surface area contributed by atoms with Crippen LogP contribution in [0.25, 0.3) is 0 Å². The molecular formula is C17H25NO7. The molecular weight excluding hydrogens is 330 g/mol. The molecule has 140 valence electrons. The van der Waals surface area contributed by atoms with Gasteiger partial charge in [-0.1, -0.05) is 38.7 Å². The van der Waals surface area contributed by atoms with E-state index >= 15 is 0 Å². The number of phenolic OH excluding ortho intramolecular Hbond substituents is 3. The van der Waals surface area contributed by atoms with Gasteiger partial charge in [0.15, 0.2) is 11.5 Å². The maximum Gasteiger partial charge on any atom is 0.372 e. The molecule has 8 heteroatoms. The van der Waals surface area contributed by atoms with Crippen LogP contribution in [0.3, 0.4) is 0 Å². The summed E-state index contributed by atoms with van der Waals surface area (Å²) in [6, 6.07) is 1.24. The van der Waals surface area contributed by atoms with E-state index in [1.165, 1.54) is 6.07 Å². The highest BCUT2D eigenvalue weighted by atomic mass is 17.2. The van der Waals surface area contributed by atoms with Crippen molar-refractivity contribution in [3.63, 3.8) is 0 Å². The number of hydrogen-bond donors (Lipinski definition) is 4. The van der Waals surface area contributed by atoms with Gasteiger partial charge in [0, 0.05) is 12.0 Å². The Balaban J connectivity index is 2.37. The minimum Gasteiger partial charge on any atom is -0.504 e. The molecule has 0 radical (unpaired) electrons. The monoisotopic (exact) mass is 355 g/mol. The SMILES string of the molecule is CCCCCCCC(=O)OOC(=O)C(N)Cc1ccc(O)c(O)c1O. The Kier molecular flexibility index (Phi) is 8.55. The van der Waals surface area contributed by atoms with E-state index in [9.17, 15) is 24.9 Å². The molecule has 0 bridgehead atoms. The van der Waals surface area contributed by atoms with Crippen molar-refractivity contribution in [3.8, 4) is 17.2 Å². The number of carbonyl (C=O) groups is 2. The first-order valence-corrected chi connectivity index (χ1v) is 8.26. The summed E-state index contributed by atoms with van der Waals surface area (Å²) >= 11 is 0. The fourth-order valence-electron chi connectivity index (χ4n) is 2.16. The van der Waals surface area contributed by atoms with E-state index < -0.39 is 35.2 Å². The van der Waals surface area contributed by atoms with Crippen molar-refractivity contribution in [1.29, 1.82) is 0 Å². The molecule has 1 aromatic rings. The van der Waals surface area contributed by atoms with Crippen LogP contribution in [0.4, 0.5) is 0 Å². The summed E-state index contributed by atoms with van der Waals surface area (Å²) in [4.78, 5) is 32.0. The van der Waals surface area contributed by atoms with Crippen molar-refractivity contribution in [2.75, 3.05) is 0 Å². The van der Waals surface area contributed by atoms with Gasteiger partial charge in [-0.2, -0.15) is 0 Å². The molecule has 8 nitrogen and oxygen atoms in total. The Morgan fingerprint density at radius 2 is 1.72 bits per heavy atom. The highest BCUT2D eigenvalue weighted by molar-refractivity contribution is 5.77. The van der Waals surface area contributed by atoms with Crippen LogP contribution in [0.2, 0.25) is 0 Å². The fourth-order valence-corrected chi connectivity index (χ4v) is 2.16. The fraction of sp³-hybridized carbons (Fsp3) is 0.529. The zero-order chi connectivity index (χ0) is 18.8. The van der Waals surface area contributed by atoms with Crippen LogP contribution < -0.4 is 5.73 Å². The lowest BCUT2D eigenvalue weighted by Crippen LogP contribution is -2.34. The molecule has 1 atom stereocenters. The number of phenols is 3. The van der Waals surface area contributed by atoms with Crippen molar-refractivity contribution in [2.45, 2.75) is 57.9 Å². The molecule has 5 N–H and O–H groups in total. The zero-order valence-electron chi connectivity index (χ0n) is 14.2. The lowest BCUT2D eigenvalue weighted by Gasteiger charge is -2.12. The quantitative estimate of drug-likeness (QED) is 0.228. The second-order valence-electron chi connectivity index (χ2n) is 5.77. The average molecular weight is 355 g/mol. The molecule has 1 aromatic carbocycles. The van der Waals surface area contributed by atoms with E-state index in [1.807, 2.05) is 0 Å². The van der Waals surface area contributed by atoms with Gasteiger partial charge in [0.1, 0.15) is 6.04 Å². The molecule has 1 unspecified atom stereocenters. The molecule has 0 spiro atoms. The van der Waals surface area contributed by atoms with E-state index in [4.69, 9.17) is 5.73 Å². The van der Waals surface area contributed by atoms with Gasteiger partial charge in [-0.15, -0.1) is 0 Å². The van der Waals surface area contributed by atoms with Crippen LogP contribution in [0.15, 0.2) is 12.1 Å². The van der Waals surface area contributed by atoms with Gasteiger partial charge < -0.3 is 21.1 Å². The van der Waals surface area contributed by atoms with Crippen molar-refractivity contribution in [1.82, 2.24) is 0 Å². The lowest BCUT2D eigenvalue weighted by molar-refractivity contribution is -0.260.